The highest BCUT2D eigenvalue weighted by Crippen LogP contribution is 2.25. The van der Waals surface area contributed by atoms with Crippen LogP contribution in [-0.4, -0.2) is 41.6 Å². The van der Waals surface area contributed by atoms with Gasteiger partial charge in [-0.05, 0) is 12.0 Å². The van der Waals surface area contributed by atoms with Crippen molar-refractivity contribution in [3.05, 3.63) is 35.9 Å². The quantitative estimate of drug-likeness (QED) is 0.781. The Labute approximate surface area is 121 Å². The number of likely N-dealkylation sites (tertiary alicyclic amines) is 1. The van der Waals surface area contributed by atoms with E-state index in [-0.39, 0.29) is 19.1 Å². The Morgan fingerprint density at radius 2 is 2.05 bits per heavy atom. The van der Waals surface area contributed by atoms with E-state index >= 15 is 0 Å². The Morgan fingerprint density at radius 3 is 2.71 bits per heavy atom. The molecule has 0 aliphatic carbocycles. The van der Waals surface area contributed by atoms with E-state index < -0.39 is 17.7 Å². The van der Waals surface area contributed by atoms with Crippen LogP contribution in [0.15, 0.2) is 30.3 Å². The van der Waals surface area contributed by atoms with Gasteiger partial charge in [0.25, 0.3) is 5.91 Å². The zero-order valence-corrected chi connectivity index (χ0v) is 11.3. The van der Waals surface area contributed by atoms with E-state index in [4.69, 9.17) is 4.74 Å². The number of carbonyl (C=O) groups excluding carboxylic acids is 3. The van der Waals surface area contributed by atoms with Gasteiger partial charge in [-0.15, -0.1) is 0 Å². The van der Waals surface area contributed by atoms with Gasteiger partial charge in [0.1, 0.15) is 12.1 Å². The number of urea groups is 1. The summed E-state index contributed by atoms with van der Waals surface area (Å²) in [5.41, 5.74) is -0.102. The molecule has 2 saturated heterocycles. The molecule has 0 radical (unpaired) electrons. The molecule has 110 valence electrons. The predicted octanol–water partition coefficient (Wildman–Crippen LogP) is 0.607. The lowest BCUT2D eigenvalue weighted by Crippen LogP contribution is -2.49. The average Bonchev–Trinajstić information content (AvgIpc) is 3.02. The largest absolute Gasteiger partial charge is 0.445 e. The van der Waals surface area contributed by atoms with Crippen molar-refractivity contribution in [3.63, 3.8) is 0 Å². The number of ether oxygens (including phenoxy) is 1. The van der Waals surface area contributed by atoms with E-state index in [1.807, 2.05) is 30.3 Å². The maximum absolute atomic E-state index is 12.0. The van der Waals surface area contributed by atoms with Crippen LogP contribution in [0.4, 0.5) is 9.59 Å². The molecule has 0 unspecified atom stereocenters. The molecule has 0 bridgehead atoms. The standard InChI is InChI=1S/C14H15N3O4/c18-11-14(16-12(19)15-11)6-7-17(9-14)13(20)21-8-10-4-2-1-3-5-10/h1-5H,6-9H2,(H2,15,16,18,19)/t14-/m1/s1. The maximum Gasteiger partial charge on any atom is 0.410 e. The molecule has 1 aromatic carbocycles. The Bertz CT molecular complexity index is 589. The molecule has 0 saturated carbocycles. The summed E-state index contributed by atoms with van der Waals surface area (Å²) < 4.78 is 5.22. The summed E-state index contributed by atoms with van der Waals surface area (Å²) in [5, 5.41) is 4.79. The van der Waals surface area contributed by atoms with Crippen molar-refractivity contribution in [2.75, 3.05) is 13.1 Å². The third kappa shape index (κ3) is 2.54. The number of hydrogen-bond donors (Lipinski definition) is 2. The molecule has 7 nitrogen and oxygen atoms in total. The van der Waals surface area contributed by atoms with Crippen molar-refractivity contribution in [2.24, 2.45) is 0 Å². The SMILES string of the molecule is O=C1NC(=O)[C@]2(CCN(C(=O)OCc3ccccc3)C2)N1. The molecule has 4 amide bonds. The zero-order valence-electron chi connectivity index (χ0n) is 11.3. The molecule has 7 heteroatoms. The molecule has 0 aromatic heterocycles. The van der Waals surface area contributed by atoms with Crippen molar-refractivity contribution in [2.45, 2.75) is 18.6 Å². The average molecular weight is 289 g/mol. The molecule has 2 aliphatic rings. The number of nitrogens with zero attached hydrogens (tertiary/aromatic N) is 1. The third-order valence-electron chi connectivity index (χ3n) is 3.75. The van der Waals surface area contributed by atoms with Crippen LogP contribution in [0.2, 0.25) is 0 Å². The van der Waals surface area contributed by atoms with E-state index in [0.29, 0.717) is 13.0 Å². The highest BCUT2D eigenvalue weighted by molar-refractivity contribution is 6.07. The first-order valence-corrected chi connectivity index (χ1v) is 6.68. The minimum Gasteiger partial charge on any atom is -0.445 e. The van der Waals surface area contributed by atoms with Gasteiger partial charge in [-0.3, -0.25) is 10.1 Å². The van der Waals surface area contributed by atoms with Crippen molar-refractivity contribution in [1.82, 2.24) is 15.5 Å². The molecule has 3 rings (SSSR count). The third-order valence-corrected chi connectivity index (χ3v) is 3.75. The normalized spacial score (nSPS) is 24.1. The lowest BCUT2D eigenvalue weighted by Gasteiger charge is -2.20. The minimum absolute atomic E-state index is 0.137. The molecule has 21 heavy (non-hydrogen) atoms. The van der Waals surface area contributed by atoms with Gasteiger partial charge in [-0.2, -0.15) is 0 Å². The smallest absolute Gasteiger partial charge is 0.410 e. The predicted molar refractivity (Wildman–Crippen MR) is 72.2 cm³/mol. The molecule has 2 aliphatic heterocycles. The first kappa shape index (κ1) is 13.4. The van der Waals surface area contributed by atoms with Crippen LogP contribution in [0.25, 0.3) is 0 Å². The molecule has 2 fully saturated rings. The van der Waals surface area contributed by atoms with Crippen LogP contribution < -0.4 is 10.6 Å². The minimum atomic E-state index is -0.997. The topological polar surface area (TPSA) is 87.7 Å². The molecular formula is C14H15N3O4. The Kier molecular flexibility index (Phi) is 3.25. The lowest BCUT2D eigenvalue weighted by molar-refractivity contribution is -0.123. The summed E-state index contributed by atoms with van der Waals surface area (Å²) in [4.78, 5) is 36.5. The van der Waals surface area contributed by atoms with Crippen molar-refractivity contribution in [1.29, 1.82) is 0 Å². The summed E-state index contributed by atoms with van der Waals surface area (Å²) in [6.07, 6.45) is -0.0879. The highest BCUT2D eigenvalue weighted by Gasteiger charge is 2.51. The van der Waals surface area contributed by atoms with E-state index in [2.05, 4.69) is 10.6 Å². The second kappa shape index (κ2) is 5.08. The summed E-state index contributed by atoms with van der Waals surface area (Å²) in [7, 11) is 0. The monoisotopic (exact) mass is 289 g/mol. The van der Waals surface area contributed by atoms with Gasteiger partial charge in [0.2, 0.25) is 0 Å². The number of hydrogen-bond acceptors (Lipinski definition) is 4. The second-order valence-electron chi connectivity index (χ2n) is 5.20. The maximum atomic E-state index is 12.0. The number of rotatable bonds is 2. The molecule has 1 atom stereocenters. The van der Waals surface area contributed by atoms with Gasteiger partial charge < -0.3 is 15.0 Å². The van der Waals surface area contributed by atoms with Gasteiger partial charge in [0, 0.05) is 6.54 Å². The molecule has 1 aromatic rings. The molecule has 2 N–H and O–H groups in total. The Hall–Kier alpha value is -2.57. The number of amides is 4. The molecule has 1 spiro atoms. The van der Waals surface area contributed by atoms with Crippen LogP contribution in [0, 0.1) is 0 Å². The van der Waals surface area contributed by atoms with Crippen LogP contribution in [0.3, 0.4) is 0 Å². The summed E-state index contributed by atoms with van der Waals surface area (Å²) in [6, 6.07) is 8.84. The Morgan fingerprint density at radius 1 is 1.29 bits per heavy atom. The van der Waals surface area contributed by atoms with Crippen molar-refractivity contribution < 1.29 is 19.1 Å². The fourth-order valence-electron chi connectivity index (χ4n) is 2.59. The molecular weight excluding hydrogens is 274 g/mol. The summed E-state index contributed by atoms with van der Waals surface area (Å²) in [5.74, 6) is -0.383. The number of nitrogens with one attached hydrogen (secondary N) is 2. The van der Waals surface area contributed by atoms with Crippen LogP contribution in [0.1, 0.15) is 12.0 Å². The van der Waals surface area contributed by atoms with E-state index in [0.717, 1.165) is 5.56 Å². The number of benzene rings is 1. The van der Waals surface area contributed by atoms with Gasteiger partial charge >= 0.3 is 12.1 Å². The molecule has 2 heterocycles. The van der Waals surface area contributed by atoms with E-state index in [9.17, 15) is 14.4 Å². The second-order valence-corrected chi connectivity index (χ2v) is 5.20. The van der Waals surface area contributed by atoms with Gasteiger partial charge in [-0.25, -0.2) is 9.59 Å². The number of carbonyl (C=O) groups is 3. The van der Waals surface area contributed by atoms with E-state index in [1.54, 1.807) is 0 Å². The van der Waals surface area contributed by atoms with Crippen molar-refractivity contribution >= 4 is 18.0 Å². The Balaban J connectivity index is 1.58. The van der Waals surface area contributed by atoms with Crippen LogP contribution in [0.5, 0.6) is 0 Å². The summed E-state index contributed by atoms with van der Waals surface area (Å²) >= 11 is 0. The van der Waals surface area contributed by atoms with Crippen LogP contribution >= 0.6 is 0 Å². The zero-order chi connectivity index (χ0) is 14.9. The fourth-order valence-corrected chi connectivity index (χ4v) is 2.59. The fraction of sp³-hybridized carbons (Fsp3) is 0.357. The van der Waals surface area contributed by atoms with Crippen molar-refractivity contribution in [3.8, 4) is 0 Å². The van der Waals surface area contributed by atoms with Gasteiger partial charge in [0.05, 0.1) is 6.54 Å². The summed E-state index contributed by atoms with van der Waals surface area (Å²) in [6.45, 7) is 0.696. The van der Waals surface area contributed by atoms with E-state index in [1.165, 1.54) is 4.90 Å². The highest BCUT2D eigenvalue weighted by atomic mass is 16.6. The van der Waals surface area contributed by atoms with Gasteiger partial charge in [0.15, 0.2) is 0 Å². The lowest BCUT2D eigenvalue weighted by atomic mass is 10.00. The van der Waals surface area contributed by atoms with Gasteiger partial charge in [-0.1, -0.05) is 30.3 Å². The van der Waals surface area contributed by atoms with Crippen LogP contribution in [-0.2, 0) is 16.1 Å². The first-order chi connectivity index (χ1) is 10.1. The first-order valence-electron chi connectivity index (χ1n) is 6.68. The number of imide groups is 1.